The van der Waals surface area contributed by atoms with E-state index in [2.05, 4.69) is 26.5 Å². The third-order valence-electron chi connectivity index (χ3n) is 9.62. The standard InChI is InChI=1S/C25H38O4/c1-6-17-7-8-20-23-21(10-12-24(17,20)4)25(5)11-9-19(28-15(2)26)13-18(25)14-22(23)29-16(3)27/h6,17-23H,1,7-14H2,2-5H3/t17-,18-,19+,20-,21-,22+,23-,24+,25-/m0/s1. The molecule has 4 aliphatic carbocycles. The largest absolute Gasteiger partial charge is 0.463 e. The average Bonchev–Trinajstić information content (AvgIpc) is 2.98. The molecule has 0 aromatic rings. The second-order valence-corrected chi connectivity index (χ2v) is 10.8. The zero-order valence-corrected chi connectivity index (χ0v) is 18.6. The number of ether oxygens (including phenoxy) is 2. The molecule has 4 rings (SSSR count). The maximum Gasteiger partial charge on any atom is 0.302 e. The molecule has 0 spiro atoms. The Labute approximate surface area is 175 Å². The molecule has 4 fully saturated rings. The van der Waals surface area contributed by atoms with E-state index in [1.165, 1.54) is 32.6 Å². The van der Waals surface area contributed by atoms with Crippen LogP contribution in [0.2, 0.25) is 0 Å². The van der Waals surface area contributed by atoms with Crippen LogP contribution in [0.4, 0.5) is 0 Å². The van der Waals surface area contributed by atoms with Crippen LogP contribution in [0.5, 0.6) is 0 Å². The molecule has 4 saturated carbocycles. The fraction of sp³-hybridized carbons (Fsp3) is 0.840. The molecule has 0 N–H and O–H groups in total. The normalized spacial score (nSPS) is 48.6. The third-order valence-corrected chi connectivity index (χ3v) is 9.62. The lowest BCUT2D eigenvalue weighted by atomic mass is 9.44. The molecule has 0 amide bonds. The van der Waals surface area contributed by atoms with Crippen molar-refractivity contribution < 1.29 is 19.1 Å². The quantitative estimate of drug-likeness (QED) is 0.474. The Balaban J connectivity index is 1.65. The van der Waals surface area contributed by atoms with E-state index in [1.807, 2.05) is 0 Å². The highest BCUT2D eigenvalue weighted by atomic mass is 16.5. The Kier molecular flexibility index (Phi) is 5.36. The van der Waals surface area contributed by atoms with Crippen LogP contribution < -0.4 is 0 Å². The summed E-state index contributed by atoms with van der Waals surface area (Å²) < 4.78 is 11.6. The molecule has 162 valence electrons. The molecular weight excluding hydrogens is 364 g/mol. The minimum atomic E-state index is -0.182. The molecule has 0 unspecified atom stereocenters. The lowest BCUT2D eigenvalue weighted by Crippen LogP contribution is -2.59. The third kappa shape index (κ3) is 3.35. The molecule has 4 nitrogen and oxygen atoms in total. The van der Waals surface area contributed by atoms with Crippen LogP contribution in [0.15, 0.2) is 12.7 Å². The number of allylic oxidation sites excluding steroid dienone is 1. The first kappa shape index (κ1) is 20.9. The molecule has 0 aromatic carbocycles. The minimum Gasteiger partial charge on any atom is -0.463 e. The maximum absolute atomic E-state index is 12.0. The Bertz CT molecular complexity index is 686. The first-order valence-electron chi connectivity index (χ1n) is 11.7. The van der Waals surface area contributed by atoms with E-state index in [-0.39, 0.29) is 29.6 Å². The van der Waals surface area contributed by atoms with E-state index in [4.69, 9.17) is 9.47 Å². The van der Waals surface area contributed by atoms with Crippen LogP contribution >= 0.6 is 0 Å². The zero-order chi connectivity index (χ0) is 21.0. The Morgan fingerprint density at radius 2 is 1.55 bits per heavy atom. The number of rotatable bonds is 3. The monoisotopic (exact) mass is 402 g/mol. The highest BCUT2D eigenvalue weighted by Gasteiger charge is 2.63. The van der Waals surface area contributed by atoms with Gasteiger partial charge in [0.05, 0.1) is 0 Å². The summed E-state index contributed by atoms with van der Waals surface area (Å²) in [7, 11) is 0. The molecule has 4 aliphatic rings. The van der Waals surface area contributed by atoms with Crippen LogP contribution in [0, 0.1) is 40.4 Å². The van der Waals surface area contributed by atoms with E-state index in [9.17, 15) is 9.59 Å². The lowest BCUT2D eigenvalue weighted by Gasteiger charge is -2.62. The number of hydrogen-bond acceptors (Lipinski definition) is 4. The molecule has 0 radical (unpaired) electrons. The van der Waals surface area contributed by atoms with Gasteiger partial charge in [0.2, 0.25) is 0 Å². The van der Waals surface area contributed by atoms with Gasteiger partial charge in [0.1, 0.15) is 12.2 Å². The summed E-state index contributed by atoms with van der Waals surface area (Å²) in [6, 6.07) is 0. The van der Waals surface area contributed by atoms with E-state index < -0.39 is 0 Å². The zero-order valence-electron chi connectivity index (χ0n) is 18.6. The van der Waals surface area contributed by atoms with Gasteiger partial charge in [0.25, 0.3) is 0 Å². The number of hydrogen-bond donors (Lipinski definition) is 0. The molecule has 0 saturated heterocycles. The number of esters is 2. The van der Waals surface area contributed by atoms with Gasteiger partial charge in [-0.1, -0.05) is 19.9 Å². The van der Waals surface area contributed by atoms with Gasteiger partial charge in [0.15, 0.2) is 0 Å². The summed E-state index contributed by atoms with van der Waals surface area (Å²) in [5.41, 5.74) is 0.547. The topological polar surface area (TPSA) is 52.6 Å². The van der Waals surface area contributed by atoms with Crippen LogP contribution in [0.3, 0.4) is 0 Å². The predicted octanol–water partition coefficient (Wildman–Crippen LogP) is 5.30. The van der Waals surface area contributed by atoms with Gasteiger partial charge in [-0.3, -0.25) is 9.59 Å². The van der Waals surface area contributed by atoms with Gasteiger partial charge >= 0.3 is 11.9 Å². The maximum atomic E-state index is 12.0. The van der Waals surface area contributed by atoms with Crippen molar-refractivity contribution in [2.45, 2.75) is 91.3 Å². The van der Waals surface area contributed by atoms with Crippen LogP contribution in [-0.2, 0) is 19.1 Å². The minimum absolute atomic E-state index is 0.000145. The highest BCUT2D eigenvalue weighted by Crippen LogP contribution is 2.68. The summed E-state index contributed by atoms with van der Waals surface area (Å²) in [5.74, 6) is 2.34. The van der Waals surface area contributed by atoms with Gasteiger partial charge in [-0.25, -0.2) is 0 Å². The molecular formula is C25H38O4. The van der Waals surface area contributed by atoms with E-state index in [1.54, 1.807) is 6.92 Å². The van der Waals surface area contributed by atoms with Crippen molar-refractivity contribution in [3.8, 4) is 0 Å². The van der Waals surface area contributed by atoms with Crippen molar-refractivity contribution >= 4 is 11.9 Å². The van der Waals surface area contributed by atoms with Crippen LogP contribution in [0.1, 0.15) is 79.1 Å². The van der Waals surface area contributed by atoms with Gasteiger partial charge in [0, 0.05) is 19.8 Å². The summed E-state index contributed by atoms with van der Waals surface area (Å²) in [5, 5.41) is 0. The second-order valence-electron chi connectivity index (χ2n) is 10.8. The Morgan fingerprint density at radius 3 is 2.21 bits per heavy atom. The van der Waals surface area contributed by atoms with Gasteiger partial charge in [-0.05, 0) is 85.9 Å². The second kappa shape index (κ2) is 7.42. The molecule has 0 aromatic heterocycles. The molecule has 0 aliphatic heterocycles. The van der Waals surface area contributed by atoms with Crippen molar-refractivity contribution in [3.05, 3.63) is 12.7 Å². The molecule has 0 bridgehead atoms. The fourth-order valence-electron chi connectivity index (χ4n) is 8.26. The number of carbonyl (C=O) groups excluding carboxylic acids is 2. The lowest BCUT2D eigenvalue weighted by molar-refractivity contribution is -0.195. The summed E-state index contributed by atoms with van der Waals surface area (Å²) in [4.78, 5) is 23.5. The summed E-state index contributed by atoms with van der Waals surface area (Å²) in [6.07, 6.45) is 11.0. The van der Waals surface area contributed by atoms with Crippen molar-refractivity contribution in [1.29, 1.82) is 0 Å². The first-order chi connectivity index (χ1) is 13.7. The number of carbonyl (C=O) groups is 2. The van der Waals surface area contributed by atoms with Crippen molar-refractivity contribution in [3.63, 3.8) is 0 Å². The smallest absolute Gasteiger partial charge is 0.302 e. The average molecular weight is 403 g/mol. The predicted molar refractivity (Wildman–Crippen MR) is 112 cm³/mol. The molecule has 0 heterocycles. The highest BCUT2D eigenvalue weighted by molar-refractivity contribution is 5.66. The SMILES string of the molecule is C=C[C@H]1CC[C@H]2[C@@H]3[C@H](OC(C)=O)C[C@@H]4C[C@H](OC(C)=O)CC[C@]4(C)[C@H]3CC[C@]12C. The van der Waals surface area contributed by atoms with E-state index >= 15 is 0 Å². The summed E-state index contributed by atoms with van der Waals surface area (Å²) in [6.45, 7) is 12.1. The van der Waals surface area contributed by atoms with Crippen LogP contribution in [-0.4, -0.2) is 24.1 Å². The fourth-order valence-corrected chi connectivity index (χ4v) is 8.26. The van der Waals surface area contributed by atoms with Crippen molar-refractivity contribution in [2.75, 3.05) is 0 Å². The van der Waals surface area contributed by atoms with Gasteiger partial charge in [-0.15, -0.1) is 6.58 Å². The summed E-state index contributed by atoms with van der Waals surface area (Å²) >= 11 is 0. The molecule has 9 atom stereocenters. The van der Waals surface area contributed by atoms with Gasteiger partial charge in [-0.2, -0.15) is 0 Å². The van der Waals surface area contributed by atoms with Crippen LogP contribution in [0.25, 0.3) is 0 Å². The molecule has 4 heteroatoms. The number of fused-ring (bicyclic) bond motifs is 5. The first-order valence-corrected chi connectivity index (χ1v) is 11.7. The van der Waals surface area contributed by atoms with Crippen molar-refractivity contribution in [1.82, 2.24) is 0 Å². The Morgan fingerprint density at radius 1 is 0.897 bits per heavy atom. The van der Waals surface area contributed by atoms with E-state index in [0.29, 0.717) is 35.0 Å². The van der Waals surface area contributed by atoms with Gasteiger partial charge < -0.3 is 9.47 Å². The molecule has 29 heavy (non-hydrogen) atoms. The van der Waals surface area contributed by atoms with Crippen molar-refractivity contribution in [2.24, 2.45) is 40.4 Å². The Hall–Kier alpha value is -1.32. The van der Waals surface area contributed by atoms with E-state index in [0.717, 1.165) is 25.7 Å².